The highest BCUT2D eigenvalue weighted by molar-refractivity contribution is 6.03. The van der Waals surface area contributed by atoms with E-state index in [0.717, 1.165) is 16.8 Å². The van der Waals surface area contributed by atoms with Gasteiger partial charge in [-0.3, -0.25) is 9.59 Å². The minimum Gasteiger partial charge on any atom is -0.339 e. The lowest BCUT2D eigenvalue weighted by Crippen LogP contribution is -2.28. The van der Waals surface area contributed by atoms with Crippen LogP contribution >= 0.6 is 0 Å². The van der Waals surface area contributed by atoms with Crippen molar-refractivity contribution in [1.82, 2.24) is 10.1 Å². The third kappa shape index (κ3) is 3.64. The van der Waals surface area contributed by atoms with Gasteiger partial charge in [0.1, 0.15) is 0 Å². The molecule has 142 valence electrons. The Morgan fingerprint density at radius 2 is 1.96 bits per heavy atom. The lowest BCUT2D eigenvalue weighted by molar-refractivity contribution is -0.122. The molecule has 0 aliphatic carbocycles. The predicted molar refractivity (Wildman–Crippen MR) is 105 cm³/mol. The van der Waals surface area contributed by atoms with Crippen LogP contribution in [0.2, 0.25) is 0 Å². The molecule has 0 spiro atoms. The number of anilines is 2. The van der Waals surface area contributed by atoms with Crippen LogP contribution in [-0.4, -0.2) is 28.5 Å². The second kappa shape index (κ2) is 7.26. The highest BCUT2D eigenvalue weighted by atomic mass is 16.5. The topological polar surface area (TPSA) is 88.3 Å². The monoisotopic (exact) mass is 376 g/mol. The first-order valence-corrected chi connectivity index (χ1v) is 9.08. The third-order valence-corrected chi connectivity index (χ3v) is 4.76. The van der Waals surface area contributed by atoms with Crippen molar-refractivity contribution < 1.29 is 14.1 Å². The van der Waals surface area contributed by atoms with Gasteiger partial charge in [0.2, 0.25) is 23.5 Å². The molecule has 3 aromatic rings. The molecule has 0 unspecified atom stereocenters. The summed E-state index contributed by atoms with van der Waals surface area (Å²) >= 11 is 0. The number of rotatable bonds is 4. The van der Waals surface area contributed by atoms with Gasteiger partial charge in [-0.15, -0.1) is 0 Å². The lowest BCUT2D eigenvalue weighted by Gasteiger charge is -2.17. The maximum absolute atomic E-state index is 12.7. The number of hydrogen-bond donors (Lipinski definition) is 1. The first-order chi connectivity index (χ1) is 13.5. The minimum absolute atomic E-state index is 0.0416. The Morgan fingerprint density at radius 3 is 2.68 bits per heavy atom. The van der Waals surface area contributed by atoms with Gasteiger partial charge in [-0.2, -0.15) is 4.98 Å². The average molecular weight is 376 g/mol. The van der Waals surface area contributed by atoms with E-state index in [1.165, 1.54) is 0 Å². The molecule has 2 aromatic carbocycles. The van der Waals surface area contributed by atoms with Gasteiger partial charge in [0.25, 0.3) is 0 Å². The van der Waals surface area contributed by atoms with Gasteiger partial charge >= 0.3 is 0 Å². The molecule has 1 saturated heterocycles. The number of nitrogens with one attached hydrogen (secondary N) is 1. The molecule has 7 nitrogen and oxygen atoms in total. The molecule has 4 rings (SSSR count). The summed E-state index contributed by atoms with van der Waals surface area (Å²) in [5.41, 5.74) is 3.33. The number of hydrogen-bond acceptors (Lipinski definition) is 5. The number of carbonyl (C=O) groups is 2. The van der Waals surface area contributed by atoms with Crippen LogP contribution in [0.25, 0.3) is 11.4 Å². The summed E-state index contributed by atoms with van der Waals surface area (Å²) < 4.78 is 5.00. The first kappa shape index (κ1) is 17.9. The highest BCUT2D eigenvalue weighted by Gasteiger charge is 2.35. The smallest absolute Gasteiger partial charge is 0.229 e. The number of aromatic nitrogens is 2. The Morgan fingerprint density at radius 1 is 1.18 bits per heavy atom. The van der Waals surface area contributed by atoms with Crippen molar-refractivity contribution in [3.05, 3.63) is 60.0 Å². The zero-order valence-electron chi connectivity index (χ0n) is 15.7. The Hall–Kier alpha value is -3.48. The summed E-state index contributed by atoms with van der Waals surface area (Å²) in [6.07, 6.45) is 0.198. The fraction of sp³-hybridized carbons (Fsp3) is 0.238. The molecular weight excluding hydrogens is 356 g/mol. The van der Waals surface area contributed by atoms with Crippen LogP contribution < -0.4 is 10.2 Å². The third-order valence-electron chi connectivity index (χ3n) is 4.76. The summed E-state index contributed by atoms with van der Waals surface area (Å²) in [4.78, 5) is 31.0. The number of carbonyl (C=O) groups excluding carboxylic acids is 2. The average Bonchev–Trinajstić information content (AvgIpc) is 3.29. The van der Waals surface area contributed by atoms with E-state index in [0.29, 0.717) is 23.9 Å². The Balaban J connectivity index is 1.46. The zero-order valence-corrected chi connectivity index (χ0v) is 15.7. The van der Waals surface area contributed by atoms with Crippen molar-refractivity contribution in [3.8, 4) is 11.4 Å². The standard InChI is InChI=1S/C21H20N4O3/c1-13-6-8-18(9-7-13)25-12-16(11-19(25)26)21(27)23-17-5-3-4-15(10-17)20-22-14(2)28-24-20/h3-10,16H,11-12H2,1-2H3,(H,23,27)/t16-/m1/s1. The van der Waals surface area contributed by atoms with Crippen molar-refractivity contribution >= 4 is 23.2 Å². The highest BCUT2D eigenvalue weighted by Crippen LogP contribution is 2.27. The molecule has 0 bridgehead atoms. The molecule has 7 heteroatoms. The van der Waals surface area contributed by atoms with Crippen molar-refractivity contribution in [3.63, 3.8) is 0 Å². The van der Waals surface area contributed by atoms with Crippen molar-refractivity contribution in [2.24, 2.45) is 5.92 Å². The van der Waals surface area contributed by atoms with E-state index in [1.54, 1.807) is 24.0 Å². The Labute approximate surface area is 162 Å². The van der Waals surface area contributed by atoms with Crippen LogP contribution in [0.5, 0.6) is 0 Å². The SMILES string of the molecule is Cc1ccc(N2C[C@H](C(=O)Nc3cccc(-c4noc(C)n4)c3)CC2=O)cc1. The summed E-state index contributed by atoms with van der Waals surface area (Å²) in [6, 6.07) is 15.0. The number of amides is 2. The van der Waals surface area contributed by atoms with Crippen molar-refractivity contribution in [2.75, 3.05) is 16.8 Å². The maximum Gasteiger partial charge on any atom is 0.229 e. The minimum atomic E-state index is -0.398. The van der Waals surface area contributed by atoms with Gasteiger partial charge in [-0.05, 0) is 31.2 Å². The van der Waals surface area contributed by atoms with Crippen LogP contribution in [0.3, 0.4) is 0 Å². The summed E-state index contributed by atoms with van der Waals surface area (Å²) in [5.74, 6) is 0.328. The normalized spacial score (nSPS) is 16.4. The van der Waals surface area contributed by atoms with Crippen LogP contribution in [0.4, 0.5) is 11.4 Å². The van der Waals surface area contributed by atoms with Gasteiger partial charge in [0.15, 0.2) is 0 Å². The molecule has 28 heavy (non-hydrogen) atoms. The Kier molecular flexibility index (Phi) is 4.65. The largest absolute Gasteiger partial charge is 0.339 e. The first-order valence-electron chi connectivity index (χ1n) is 9.08. The summed E-state index contributed by atoms with van der Waals surface area (Å²) in [5, 5.41) is 6.79. The molecule has 2 heterocycles. The molecule has 0 saturated carbocycles. The fourth-order valence-corrected chi connectivity index (χ4v) is 3.25. The van der Waals surface area contributed by atoms with Gasteiger partial charge in [-0.1, -0.05) is 35.0 Å². The number of benzene rings is 2. The molecule has 0 radical (unpaired) electrons. The maximum atomic E-state index is 12.7. The van der Waals surface area contributed by atoms with Crippen LogP contribution in [0, 0.1) is 19.8 Å². The van der Waals surface area contributed by atoms with Gasteiger partial charge in [-0.25, -0.2) is 0 Å². The van der Waals surface area contributed by atoms with Gasteiger partial charge in [0.05, 0.1) is 5.92 Å². The molecule has 1 N–H and O–H groups in total. The van der Waals surface area contributed by atoms with E-state index in [2.05, 4.69) is 15.5 Å². The quantitative estimate of drug-likeness (QED) is 0.754. The van der Waals surface area contributed by atoms with Crippen molar-refractivity contribution in [2.45, 2.75) is 20.3 Å². The van der Waals surface area contributed by atoms with E-state index in [1.807, 2.05) is 43.3 Å². The predicted octanol–water partition coefficient (Wildman–Crippen LogP) is 3.35. The van der Waals surface area contributed by atoms with Crippen LogP contribution in [-0.2, 0) is 9.59 Å². The molecule has 1 atom stereocenters. The fourth-order valence-electron chi connectivity index (χ4n) is 3.25. The van der Waals surface area contributed by atoms with E-state index >= 15 is 0 Å². The summed E-state index contributed by atoms with van der Waals surface area (Å²) in [7, 11) is 0. The molecular formula is C21H20N4O3. The molecule has 1 fully saturated rings. The molecule has 1 aromatic heterocycles. The molecule has 1 aliphatic heterocycles. The van der Waals surface area contributed by atoms with E-state index < -0.39 is 5.92 Å². The van der Waals surface area contributed by atoms with E-state index in [9.17, 15) is 9.59 Å². The number of nitrogens with zero attached hydrogens (tertiary/aromatic N) is 3. The molecule has 1 aliphatic rings. The van der Waals surface area contributed by atoms with E-state index in [-0.39, 0.29) is 18.2 Å². The number of aryl methyl sites for hydroxylation is 2. The lowest BCUT2D eigenvalue weighted by atomic mass is 10.1. The van der Waals surface area contributed by atoms with Gasteiger partial charge < -0.3 is 14.7 Å². The molecule has 2 amide bonds. The Bertz CT molecular complexity index is 1030. The van der Waals surface area contributed by atoms with E-state index in [4.69, 9.17) is 4.52 Å². The zero-order chi connectivity index (χ0) is 19.7. The van der Waals surface area contributed by atoms with Gasteiger partial charge in [0, 0.05) is 36.8 Å². The van der Waals surface area contributed by atoms with Crippen LogP contribution in [0.15, 0.2) is 53.1 Å². The summed E-state index contributed by atoms with van der Waals surface area (Å²) in [6.45, 7) is 4.09. The van der Waals surface area contributed by atoms with Crippen LogP contribution in [0.1, 0.15) is 17.9 Å². The van der Waals surface area contributed by atoms with Crippen molar-refractivity contribution in [1.29, 1.82) is 0 Å². The second-order valence-corrected chi connectivity index (χ2v) is 6.95. The second-order valence-electron chi connectivity index (χ2n) is 6.95.